The Morgan fingerprint density at radius 2 is 2.12 bits per heavy atom. The summed E-state index contributed by atoms with van der Waals surface area (Å²) in [6.45, 7) is 4.30. The molecule has 2 aromatic rings. The predicted octanol–water partition coefficient (Wildman–Crippen LogP) is 2.26. The second-order valence-corrected chi connectivity index (χ2v) is 6.33. The van der Waals surface area contributed by atoms with Gasteiger partial charge in [0.05, 0.1) is 23.5 Å². The first-order chi connectivity index (χ1) is 11.4. The molecule has 0 radical (unpaired) electrons. The molecule has 1 amide bonds. The van der Waals surface area contributed by atoms with Gasteiger partial charge >= 0.3 is 0 Å². The molecular weight excluding hydrogens is 316 g/mol. The molecule has 24 heavy (non-hydrogen) atoms. The zero-order valence-electron chi connectivity index (χ0n) is 13.5. The number of aromatic amines is 1. The van der Waals surface area contributed by atoms with Crippen LogP contribution < -0.4 is 0 Å². The number of aliphatic hydroxyl groups is 1. The number of fused-ring (bicyclic) bond motifs is 1. The first-order valence-electron chi connectivity index (χ1n) is 7.87. The van der Waals surface area contributed by atoms with E-state index in [0.717, 1.165) is 11.8 Å². The molecule has 0 aliphatic carbocycles. The summed E-state index contributed by atoms with van der Waals surface area (Å²) in [5.41, 5.74) is 1.66. The lowest BCUT2D eigenvalue weighted by molar-refractivity contribution is -0.143. The van der Waals surface area contributed by atoms with Gasteiger partial charge in [0.2, 0.25) is 0 Å². The zero-order chi connectivity index (χ0) is 17.4. The number of benzene rings is 1. The van der Waals surface area contributed by atoms with Crippen molar-refractivity contribution in [2.24, 2.45) is 5.92 Å². The van der Waals surface area contributed by atoms with Gasteiger partial charge in [0.25, 0.3) is 5.91 Å². The minimum atomic E-state index is -1.04. The fourth-order valence-corrected chi connectivity index (χ4v) is 2.76. The maximum Gasteiger partial charge on any atom is 0.252 e. The molecule has 2 N–H and O–H groups in total. The Bertz CT molecular complexity index is 773. The van der Waals surface area contributed by atoms with Crippen LogP contribution in [0.2, 0.25) is 0 Å². The minimum Gasteiger partial charge on any atom is -0.383 e. The van der Waals surface area contributed by atoms with E-state index in [1.807, 2.05) is 0 Å². The second-order valence-electron chi connectivity index (χ2n) is 6.33. The number of amides is 1. The normalized spacial score (nSPS) is 15.5. The van der Waals surface area contributed by atoms with Gasteiger partial charge in [-0.1, -0.05) is 13.8 Å². The SMILES string of the molecule is CC(C)[C@@H](O)C(=O)N1CCc2nc(-c3ccc(F)cc3F)[nH]c2C1. The standard InChI is InChI=1S/C17H19F2N3O2/c1-9(2)15(23)17(24)22-6-5-13-14(8-22)21-16(20-13)11-4-3-10(18)7-12(11)19/h3-4,7,9,15,23H,5-6,8H2,1-2H3,(H,20,21)/t15-/m1/s1. The molecule has 1 atom stereocenters. The van der Waals surface area contributed by atoms with Crippen molar-refractivity contribution in [2.75, 3.05) is 6.54 Å². The van der Waals surface area contributed by atoms with E-state index >= 15 is 0 Å². The van der Waals surface area contributed by atoms with E-state index in [4.69, 9.17) is 0 Å². The number of aromatic nitrogens is 2. The van der Waals surface area contributed by atoms with Crippen LogP contribution in [0.5, 0.6) is 0 Å². The van der Waals surface area contributed by atoms with Crippen molar-refractivity contribution in [1.29, 1.82) is 0 Å². The van der Waals surface area contributed by atoms with Crippen molar-refractivity contribution < 1.29 is 18.7 Å². The van der Waals surface area contributed by atoms with Gasteiger partial charge in [-0.2, -0.15) is 0 Å². The highest BCUT2D eigenvalue weighted by molar-refractivity contribution is 5.81. The van der Waals surface area contributed by atoms with E-state index in [-0.39, 0.29) is 23.9 Å². The highest BCUT2D eigenvalue weighted by Crippen LogP contribution is 2.25. The summed E-state index contributed by atoms with van der Waals surface area (Å²) in [5.74, 6) is -1.50. The molecule has 3 rings (SSSR count). The third-order valence-electron chi connectivity index (χ3n) is 4.21. The zero-order valence-corrected chi connectivity index (χ0v) is 13.5. The maximum absolute atomic E-state index is 13.9. The van der Waals surface area contributed by atoms with Crippen LogP contribution in [-0.2, 0) is 17.8 Å². The van der Waals surface area contributed by atoms with Crippen molar-refractivity contribution >= 4 is 5.91 Å². The van der Waals surface area contributed by atoms with Gasteiger partial charge in [-0.3, -0.25) is 4.79 Å². The molecule has 0 saturated heterocycles. The summed E-state index contributed by atoms with van der Waals surface area (Å²) in [6.07, 6.45) is -0.519. The van der Waals surface area contributed by atoms with Gasteiger partial charge in [0.15, 0.2) is 0 Å². The van der Waals surface area contributed by atoms with Crippen molar-refractivity contribution in [1.82, 2.24) is 14.9 Å². The summed E-state index contributed by atoms with van der Waals surface area (Å²) in [5, 5.41) is 9.94. The van der Waals surface area contributed by atoms with Gasteiger partial charge in [0.1, 0.15) is 23.6 Å². The lowest BCUT2D eigenvalue weighted by atomic mass is 10.0. The Morgan fingerprint density at radius 1 is 1.38 bits per heavy atom. The Labute approximate surface area is 138 Å². The average molecular weight is 335 g/mol. The molecule has 1 aliphatic rings. The molecule has 128 valence electrons. The van der Waals surface area contributed by atoms with Crippen LogP contribution in [0.4, 0.5) is 8.78 Å². The van der Waals surface area contributed by atoms with E-state index in [0.29, 0.717) is 24.5 Å². The molecule has 1 aliphatic heterocycles. The summed E-state index contributed by atoms with van der Waals surface area (Å²) < 4.78 is 26.9. The average Bonchev–Trinajstić information content (AvgIpc) is 2.95. The predicted molar refractivity (Wildman–Crippen MR) is 83.9 cm³/mol. The summed E-state index contributed by atoms with van der Waals surface area (Å²) >= 11 is 0. The third kappa shape index (κ3) is 3.03. The first-order valence-corrected chi connectivity index (χ1v) is 7.87. The van der Waals surface area contributed by atoms with Gasteiger partial charge in [-0.25, -0.2) is 13.8 Å². The van der Waals surface area contributed by atoms with Gasteiger partial charge in [-0.15, -0.1) is 0 Å². The van der Waals surface area contributed by atoms with Crippen LogP contribution in [0.25, 0.3) is 11.4 Å². The number of carbonyl (C=O) groups excluding carboxylic acids is 1. The van der Waals surface area contributed by atoms with Crippen molar-refractivity contribution in [3.63, 3.8) is 0 Å². The van der Waals surface area contributed by atoms with E-state index < -0.39 is 17.7 Å². The van der Waals surface area contributed by atoms with E-state index in [9.17, 15) is 18.7 Å². The summed E-state index contributed by atoms with van der Waals surface area (Å²) in [4.78, 5) is 21.2. The largest absolute Gasteiger partial charge is 0.383 e. The fourth-order valence-electron chi connectivity index (χ4n) is 2.76. The molecule has 0 bridgehead atoms. The number of halogens is 2. The van der Waals surface area contributed by atoms with E-state index in [1.54, 1.807) is 18.7 Å². The molecule has 7 heteroatoms. The molecule has 2 heterocycles. The van der Waals surface area contributed by atoms with Crippen LogP contribution in [0.3, 0.4) is 0 Å². The van der Waals surface area contributed by atoms with Crippen LogP contribution in [0, 0.1) is 17.6 Å². The fraction of sp³-hybridized carbons (Fsp3) is 0.412. The highest BCUT2D eigenvalue weighted by atomic mass is 19.1. The monoisotopic (exact) mass is 335 g/mol. The van der Waals surface area contributed by atoms with Crippen LogP contribution >= 0.6 is 0 Å². The number of aliphatic hydroxyl groups excluding tert-OH is 1. The van der Waals surface area contributed by atoms with E-state index in [2.05, 4.69) is 9.97 Å². The van der Waals surface area contributed by atoms with Crippen molar-refractivity contribution in [3.8, 4) is 11.4 Å². The Morgan fingerprint density at radius 3 is 2.79 bits per heavy atom. The lowest BCUT2D eigenvalue weighted by Crippen LogP contribution is -2.44. The number of hydrogen-bond donors (Lipinski definition) is 2. The number of imidazole rings is 1. The topological polar surface area (TPSA) is 69.2 Å². The van der Waals surface area contributed by atoms with Gasteiger partial charge < -0.3 is 15.0 Å². The maximum atomic E-state index is 13.9. The number of rotatable bonds is 3. The highest BCUT2D eigenvalue weighted by Gasteiger charge is 2.29. The Hall–Kier alpha value is -2.28. The first kappa shape index (κ1) is 16.6. The molecular formula is C17H19F2N3O2. The molecule has 0 spiro atoms. The molecule has 1 aromatic heterocycles. The van der Waals surface area contributed by atoms with Crippen LogP contribution in [0.15, 0.2) is 18.2 Å². The Kier molecular flexibility index (Phi) is 4.36. The van der Waals surface area contributed by atoms with Crippen molar-refractivity contribution in [3.05, 3.63) is 41.2 Å². The molecule has 5 nitrogen and oxygen atoms in total. The smallest absolute Gasteiger partial charge is 0.252 e. The summed E-state index contributed by atoms with van der Waals surface area (Å²) in [7, 11) is 0. The lowest BCUT2D eigenvalue weighted by Gasteiger charge is -2.29. The number of nitrogens with one attached hydrogen (secondary N) is 1. The third-order valence-corrected chi connectivity index (χ3v) is 4.21. The summed E-state index contributed by atoms with van der Waals surface area (Å²) in [6, 6.07) is 3.32. The second kappa shape index (κ2) is 6.32. The molecule has 0 unspecified atom stereocenters. The van der Waals surface area contributed by atoms with Gasteiger partial charge in [0, 0.05) is 19.0 Å². The van der Waals surface area contributed by atoms with Gasteiger partial charge in [-0.05, 0) is 18.1 Å². The number of H-pyrrole nitrogens is 1. The Balaban J connectivity index is 1.84. The van der Waals surface area contributed by atoms with Crippen LogP contribution in [0.1, 0.15) is 25.2 Å². The van der Waals surface area contributed by atoms with E-state index in [1.165, 1.54) is 12.1 Å². The molecule has 0 fully saturated rings. The quantitative estimate of drug-likeness (QED) is 0.904. The number of hydrogen-bond acceptors (Lipinski definition) is 3. The van der Waals surface area contributed by atoms with Crippen molar-refractivity contribution in [2.45, 2.75) is 32.9 Å². The number of carbonyl (C=O) groups is 1. The molecule has 0 saturated carbocycles. The van der Waals surface area contributed by atoms with Crippen LogP contribution in [-0.4, -0.2) is 38.5 Å². The number of nitrogens with zero attached hydrogens (tertiary/aromatic N) is 2. The minimum absolute atomic E-state index is 0.162. The molecule has 1 aromatic carbocycles.